The first-order chi connectivity index (χ1) is 6.85. The smallest absolute Gasteiger partial charge is 0.123 e. The van der Waals surface area contributed by atoms with Crippen LogP contribution in [0, 0.1) is 11.3 Å². The van der Waals surface area contributed by atoms with Crippen molar-refractivity contribution in [3.8, 4) is 11.8 Å². The van der Waals surface area contributed by atoms with Crippen LogP contribution in [-0.2, 0) is 0 Å². The van der Waals surface area contributed by atoms with Crippen molar-refractivity contribution in [2.45, 2.75) is 12.3 Å². The average molecular weight is 188 g/mol. The van der Waals surface area contributed by atoms with E-state index in [-0.39, 0.29) is 0 Å². The van der Waals surface area contributed by atoms with Gasteiger partial charge in [0.1, 0.15) is 5.75 Å². The molecule has 0 aromatic heterocycles. The number of benzene rings is 1. The first-order valence-electron chi connectivity index (χ1n) is 4.72. The molecular formula is C11H12N2O. The molecule has 2 N–H and O–H groups in total. The van der Waals surface area contributed by atoms with Gasteiger partial charge in [0.25, 0.3) is 0 Å². The quantitative estimate of drug-likeness (QED) is 0.762. The maximum atomic E-state index is 8.77. The summed E-state index contributed by atoms with van der Waals surface area (Å²) < 4.78 is 5.50. The molecule has 3 heteroatoms. The zero-order valence-electron chi connectivity index (χ0n) is 7.86. The summed E-state index contributed by atoms with van der Waals surface area (Å²) in [6.45, 7) is 1.35. The normalized spacial score (nSPS) is 18.4. The van der Waals surface area contributed by atoms with Crippen LogP contribution in [0.4, 0.5) is 0 Å². The van der Waals surface area contributed by atoms with Crippen molar-refractivity contribution in [2.24, 2.45) is 5.73 Å². The molecule has 0 saturated heterocycles. The third-order valence-electron chi connectivity index (χ3n) is 2.53. The SMILES string of the molecule is N#Cc1ccc2c(c1)C(CCN)CO2. The van der Waals surface area contributed by atoms with Gasteiger partial charge in [-0.3, -0.25) is 0 Å². The molecule has 0 spiro atoms. The van der Waals surface area contributed by atoms with Crippen LogP contribution in [0.25, 0.3) is 0 Å². The number of hydrogen-bond donors (Lipinski definition) is 1. The maximum absolute atomic E-state index is 8.77. The predicted octanol–water partition coefficient (Wildman–Crippen LogP) is 1.38. The molecule has 1 aliphatic heterocycles. The van der Waals surface area contributed by atoms with Crippen molar-refractivity contribution in [1.29, 1.82) is 5.26 Å². The van der Waals surface area contributed by atoms with Gasteiger partial charge >= 0.3 is 0 Å². The Morgan fingerprint density at radius 2 is 2.43 bits per heavy atom. The molecule has 14 heavy (non-hydrogen) atoms. The Morgan fingerprint density at radius 1 is 1.57 bits per heavy atom. The van der Waals surface area contributed by atoms with E-state index in [9.17, 15) is 0 Å². The summed E-state index contributed by atoms with van der Waals surface area (Å²) in [6, 6.07) is 7.68. The summed E-state index contributed by atoms with van der Waals surface area (Å²) in [7, 11) is 0. The molecule has 1 aromatic carbocycles. The van der Waals surface area contributed by atoms with Crippen LogP contribution in [0.1, 0.15) is 23.5 Å². The number of nitriles is 1. The van der Waals surface area contributed by atoms with E-state index in [1.807, 2.05) is 12.1 Å². The lowest BCUT2D eigenvalue weighted by atomic mass is 9.96. The molecule has 3 nitrogen and oxygen atoms in total. The fourth-order valence-electron chi connectivity index (χ4n) is 1.79. The Morgan fingerprint density at radius 3 is 3.14 bits per heavy atom. The van der Waals surface area contributed by atoms with Crippen molar-refractivity contribution < 1.29 is 4.74 Å². The highest BCUT2D eigenvalue weighted by molar-refractivity contribution is 5.46. The largest absolute Gasteiger partial charge is 0.493 e. The molecule has 0 radical (unpaired) electrons. The lowest BCUT2D eigenvalue weighted by Crippen LogP contribution is -2.08. The van der Waals surface area contributed by atoms with E-state index >= 15 is 0 Å². The maximum Gasteiger partial charge on any atom is 0.123 e. The van der Waals surface area contributed by atoms with Crippen molar-refractivity contribution in [1.82, 2.24) is 0 Å². The summed E-state index contributed by atoms with van der Waals surface area (Å²) >= 11 is 0. The van der Waals surface area contributed by atoms with Gasteiger partial charge in [0.2, 0.25) is 0 Å². The van der Waals surface area contributed by atoms with Crippen molar-refractivity contribution in [2.75, 3.05) is 13.2 Å². The molecule has 1 atom stereocenters. The minimum Gasteiger partial charge on any atom is -0.493 e. The lowest BCUT2D eigenvalue weighted by Gasteiger charge is -2.05. The van der Waals surface area contributed by atoms with Gasteiger partial charge in [-0.25, -0.2) is 0 Å². The molecule has 0 saturated carbocycles. The highest BCUT2D eigenvalue weighted by Gasteiger charge is 2.23. The van der Waals surface area contributed by atoms with Gasteiger partial charge in [-0.1, -0.05) is 0 Å². The van der Waals surface area contributed by atoms with E-state index in [1.54, 1.807) is 6.07 Å². The predicted molar refractivity (Wildman–Crippen MR) is 53.1 cm³/mol. The second kappa shape index (κ2) is 3.69. The van der Waals surface area contributed by atoms with Crippen molar-refractivity contribution in [3.05, 3.63) is 29.3 Å². The second-order valence-corrected chi connectivity index (χ2v) is 3.45. The topological polar surface area (TPSA) is 59.0 Å². The third-order valence-corrected chi connectivity index (χ3v) is 2.53. The number of ether oxygens (including phenoxy) is 1. The summed E-state index contributed by atoms with van der Waals surface area (Å²) in [5, 5.41) is 8.77. The highest BCUT2D eigenvalue weighted by atomic mass is 16.5. The van der Waals surface area contributed by atoms with E-state index in [1.165, 1.54) is 0 Å². The Kier molecular flexibility index (Phi) is 2.38. The monoisotopic (exact) mass is 188 g/mol. The summed E-state index contributed by atoms with van der Waals surface area (Å²) in [4.78, 5) is 0. The molecule has 72 valence electrons. The molecule has 0 bridgehead atoms. The van der Waals surface area contributed by atoms with Gasteiger partial charge in [-0.2, -0.15) is 5.26 Å². The number of fused-ring (bicyclic) bond motifs is 1. The summed E-state index contributed by atoms with van der Waals surface area (Å²) in [6.07, 6.45) is 0.919. The summed E-state index contributed by atoms with van der Waals surface area (Å²) in [5.74, 6) is 1.27. The fraction of sp³-hybridized carbons (Fsp3) is 0.364. The second-order valence-electron chi connectivity index (χ2n) is 3.45. The highest BCUT2D eigenvalue weighted by Crippen LogP contribution is 2.35. The van der Waals surface area contributed by atoms with Gasteiger partial charge in [-0.05, 0) is 31.2 Å². The average Bonchev–Trinajstić information content (AvgIpc) is 2.61. The first-order valence-corrected chi connectivity index (χ1v) is 4.72. The van der Waals surface area contributed by atoms with E-state index < -0.39 is 0 Å². The van der Waals surface area contributed by atoms with Crippen LogP contribution >= 0.6 is 0 Å². The van der Waals surface area contributed by atoms with E-state index in [4.69, 9.17) is 15.7 Å². The minimum atomic E-state index is 0.364. The van der Waals surface area contributed by atoms with Crippen LogP contribution in [-0.4, -0.2) is 13.2 Å². The van der Waals surface area contributed by atoms with Crippen LogP contribution < -0.4 is 10.5 Å². The van der Waals surface area contributed by atoms with Crippen molar-refractivity contribution in [3.63, 3.8) is 0 Å². The Bertz CT molecular complexity index is 379. The van der Waals surface area contributed by atoms with Crippen LogP contribution in [0.5, 0.6) is 5.75 Å². The molecule has 2 rings (SSSR count). The van der Waals surface area contributed by atoms with Gasteiger partial charge in [0.05, 0.1) is 18.2 Å². The molecule has 0 fully saturated rings. The number of rotatable bonds is 2. The van der Waals surface area contributed by atoms with E-state index in [2.05, 4.69) is 6.07 Å². The van der Waals surface area contributed by atoms with Gasteiger partial charge in [0, 0.05) is 11.5 Å². The Hall–Kier alpha value is -1.53. The molecule has 1 aliphatic rings. The molecular weight excluding hydrogens is 176 g/mol. The zero-order valence-corrected chi connectivity index (χ0v) is 7.86. The molecule has 0 aliphatic carbocycles. The van der Waals surface area contributed by atoms with Crippen molar-refractivity contribution >= 4 is 0 Å². The minimum absolute atomic E-state index is 0.364. The zero-order chi connectivity index (χ0) is 9.97. The fourth-order valence-corrected chi connectivity index (χ4v) is 1.79. The molecule has 1 heterocycles. The standard InChI is InChI=1S/C11H12N2O/c12-4-3-9-7-14-11-2-1-8(6-13)5-10(9)11/h1-2,5,9H,3-4,7,12H2. The van der Waals surface area contributed by atoms with Crippen LogP contribution in [0.15, 0.2) is 18.2 Å². The molecule has 1 unspecified atom stereocenters. The molecule has 0 amide bonds. The Balaban J connectivity index is 2.33. The molecule has 1 aromatic rings. The van der Waals surface area contributed by atoms with Crippen LogP contribution in [0.2, 0.25) is 0 Å². The third kappa shape index (κ3) is 1.45. The first kappa shape index (κ1) is 9.04. The van der Waals surface area contributed by atoms with E-state index in [0.717, 1.165) is 17.7 Å². The van der Waals surface area contributed by atoms with Crippen LogP contribution in [0.3, 0.4) is 0 Å². The lowest BCUT2D eigenvalue weighted by molar-refractivity contribution is 0.326. The van der Waals surface area contributed by atoms with Gasteiger partial charge in [0.15, 0.2) is 0 Å². The number of nitrogens with zero attached hydrogens (tertiary/aromatic N) is 1. The van der Waals surface area contributed by atoms with E-state index in [0.29, 0.717) is 24.6 Å². The van der Waals surface area contributed by atoms with Gasteiger partial charge in [-0.15, -0.1) is 0 Å². The van der Waals surface area contributed by atoms with Gasteiger partial charge < -0.3 is 10.5 Å². The summed E-state index contributed by atoms with van der Waals surface area (Å²) in [5.41, 5.74) is 7.34. The number of hydrogen-bond acceptors (Lipinski definition) is 3. The Labute approximate surface area is 83.1 Å². The number of nitrogens with two attached hydrogens (primary N) is 1.